The number of carbonyl (C=O) groups excluding carboxylic acids is 1. The second-order valence-corrected chi connectivity index (χ2v) is 0.861. The van der Waals surface area contributed by atoms with E-state index in [1.807, 2.05) is 0 Å². The van der Waals surface area contributed by atoms with Gasteiger partial charge in [-0.3, -0.25) is 4.79 Å². The molecule has 0 heterocycles. The molecule has 0 spiro atoms. The molecule has 0 fully saturated rings. The van der Waals surface area contributed by atoms with Crippen LogP contribution in [0, 0.1) is 0 Å². The second-order valence-electron chi connectivity index (χ2n) is 0.861. The summed E-state index contributed by atoms with van der Waals surface area (Å²) in [6.45, 7) is 1.00. The molecule has 0 aliphatic heterocycles. The van der Waals surface area contributed by atoms with E-state index in [1.54, 1.807) is 0 Å². The first kappa shape index (κ1) is 9.80. The van der Waals surface area contributed by atoms with E-state index in [0.29, 0.717) is 0 Å². The number of carbonyl (C=O) groups is 2. The van der Waals surface area contributed by atoms with Crippen molar-refractivity contribution < 1.29 is 14.7 Å². The van der Waals surface area contributed by atoms with Crippen molar-refractivity contribution in [1.29, 1.82) is 0 Å². The van der Waals surface area contributed by atoms with Gasteiger partial charge in [-0.15, -0.1) is 17.0 Å². The fourth-order valence-corrected chi connectivity index (χ4v) is 0. The molecule has 0 aromatic rings. The van der Waals surface area contributed by atoms with E-state index >= 15 is 0 Å². The van der Waals surface area contributed by atoms with Crippen LogP contribution in [0.15, 0.2) is 0 Å². The maximum atomic E-state index is 9.54. The van der Waals surface area contributed by atoms with E-state index in [4.69, 9.17) is 5.11 Å². The average molecular weight is 169 g/mol. The highest BCUT2D eigenvalue weighted by atomic mass is 79.9. The molecule has 42 valence electrons. The zero-order valence-corrected chi connectivity index (χ0v) is 5.39. The van der Waals surface area contributed by atoms with Gasteiger partial charge in [0.2, 0.25) is 5.78 Å². The van der Waals surface area contributed by atoms with Gasteiger partial charge in [-0.2, -0.15) is 0 Å². The highest BCUT2D eigenvalue weighted by Gasteiger charge is 1.98. The minimum atomic E-state index is -1.38. The lowest BCUT2D eigenvalue weighted by Crippen LogP contribution is -2.05. The molecule has 0 unspecified atom stereocenters. The van der Waals surface area contributed by atoms with Crippen molar-refractivity contribution >= 4 is 28.7 Å². The molecule has 0 aromatic carbocycles. The summed E-state index contributed by atoms with van der Waals surface area (Å²) in [5.41, 5.74) is 0. The van der Waals surface area contributed by atoms with Gasteiger partial charge in [0, 0.05) is 6.92 Å². The van der Waals surface area contributed by atoms with Gasteiger partial charge < -0.3 is 5.11 Å². The molecule has 0 amide bonds. The predicted molar refractivity (Wildman–Crippen MR) is 28.6 cm³/mol. The van der Waals surface area contributed by atoms with Crippen LogP contribution in [-0.2, 0) is 9.59 Å². The molecule has 1 N–H and O–H groups in total. The first-order valence-corrected chi connectivity index (χ1v) is 1.38. The van der Waals surface area contributed by atoms with E-state index in [-0.39, 0.29) is 17.0 Å². The predicted octanol–water partition coefficient (Wildman–Crippen LogP) is 0.238. The van der Waals surface area contributed by atoms with Crippen molar-refractivity contribution in [2.75, 3.05) is 0 Å². The Balaban J connectivity index is 0. The van der Waals surface area contributed by atoms with Gasteiger partial charge in [0.05, 0.1) is 0 Å². The number of carboxylic acid groups (broad SMARTS) is 1. The molecule has 0 bridgehead atoms. The smallest absolute Gasteiger partial charge is 0.371 e. The van der Waals surface area contributed by atoms with E-state index in [9.17, 15) is 9.59 Å². The summed E-state index contributed by atoms with van der Waals surface area (Å²) in [6, 6.07) is 0. The molecule has 3 nitrogen and oxygen atoms in total. The van der Waals surface area contributed by atoms with E-state index in [2.05, 4.69) is 0 Å². The van der Waals surface area contributed by atoms with Crippen molar-refractivity contribution in [3.8, 4) is 0 Å². The fourth-order valence-electron chi connectivity index (χ4n) is 0. The van der Waals surface area contributed by atoms with Gasteiger partial charge in [0.25, 0.3) is 0 Å². The minimum absolute atomic E-state index is 0. The summed E-state index contributed by atoms with van der Waals surface area (Å²) in [7, 11) is 0. The van der Waals surface area contributed by atoms with Crippen LogP contribution >= 0.6 is 17.0 Å². The Hall–Kier alpha value is -0.380. The molecule has 4 heteroatoms. The summed E-state index contributed by atoms with van der Waals surface area (Å²) in [5, 5.41) is 7.64. The van der Waals surface area contributed by atoms with Crippen molar-refractivity contribution in [2.45, 2.75) is 6.92 Å². The van der Waals surface area contributed by atoms with Crippen LogP contribution in [0.3, 0.4) is 0 Å². The highest BCUT2D eigenvalue weighted by molar-refractivity contribution is 8.93. The van der Waals surface area contributed by atoms with Crippen molar-refractivity contribution in [3.05, 3.63) is 0 Å². The Bertz CT molecular complexity index is 76.2. The van der Waals surface area contributed by atoms with Crippen LogP contribution in [-0.4, -0.2) is 16.9 Å². The number of ketones is 1. The topological polar surface area (TPSA) is 54.4 Å². The summed E-state index contributed by atoms with van der Waals surface area (Å²) in [6.07, 6.45) is 0. The summed E-state index contributed by atoms with van der Waals surface area (Å²) < 4.78 is 0. The molecule has 0 aliphatic carbocycles. The Morgan fingerprint density at radius 1 is 1.43 bits per heavy atom. The maximum absolute atomic E-state index is 9.54. The Kier molecular flexibility index (Phi) is 5.31. The summed E-state index contributed by atoms with van der Waals surface area (Å²) in [4.78, 5) is 18.9. The third-order valence-electron chi connectivity index (χ3n) is 0.301. The molecular weight excluding hydrogens is 164 g/mol. The third-order valence-corrected chi connectivity index (χ3v) is 0.301. The SMILES string of the molecule is Br.CC(=O)C(=O)O. The van der Waals surface area contributed by atoms with Gasteiger partial charge in [0.15, 0.2) is 0 Å². The monoisotopic (exact) mass is 168 g/mol. The lowest BCUT2D eigenvalue weighted by atomic mass is 10.5. The Labute approximate surface area is 51.1 Å². The Morgan fingerprint density at radius 3 is 1.57 bits per heavy atom. The molecule has 0 aliphatic rings. The number of Topliss-reactive ketones (excluding diaryl/α,β-unsaturated/α-hetero) is 1. The van der Waals surface area contributed by atoms with Gasteiger partial charge in [-0.1, -0.05) is 0 Å². The molecule has 7 heavy (non-hydrogen) atoms. The molecule has 0 saturated heterocycles. The van der Waals surface area contributed by atoms with Gasteiger partial charge >= 0.3 is 5.97 Å². The molecule has 0 atom stereocenters. The fraction of sp³-hybridized carbons (Fsp3) is 0.333. The van der Waals surface area contributed by atoms with E-state index in [0.717, 1.165) is 6.92 Å². The second kappa shape index (κ2) is 3.80. The first-order valence-electron chi connectivity index (χ1n) is 1.38. The van der Waals surface area contributed by atoms with Crippen LogP contribution < -0.4 is 0 Å². The third kappa shape index (κ3) is 5.62. The Morgan fingerprint density at radius 2 is 1.57 bits per heavy atom. The minimum Gasteiger partial charge on any atom is -0.476 e. The van der Waals surface area contributed by atoms with E-state index < -0.39 is 11.8 Å². The molecule has 0 radical (unpaired) electrons. The normalized spacial score (nSPS) is 6.43. The van der Waals surface area contributed by atoms with Gasteiger partial charge in [-0.25, -0.2) is 4.79 Å². The van der Waals surface area contributed by atoms with Crippen molar-refractivity contribution in [2.24, 2.45) is 0 Å². The number of aliphatic carboxylic acids is 1. The van der Waals surface area contributed by atoms with Gasteiger partial charge in [0.1, 0.15) is 0 Å². The molecule has 0 aromatic heterocycles. The maximum Gasteiger partial charge on any atom is 0.371 e. The average Bonchev–Trinajstić information content (AvgIpc) is 1.36. The lowest BCUT2D eigenvalue weighted by molar-refractivity contribution is -0.148. The largest absolute Gasteiger partial charge is 0.476 e. The lowest BCUT2D eigenvalue weighted by Gasteiger charge is -1.73. The van der Waals surface area contributed by atoms with Crippen molar-refractivity contribution in [3.63, 3.8) is 0 Å². The zero-order chi connectivity index (χ0) is 5.15. The summed E-state index contributed by atoms with van der Waals surface area (Å²) >= 11 is 0. The highest BCUT2D eigenvalue weighted by Crippen LogP contribution is 1.61. The van der Waals surface area contributed by atoms with Crippen LogP contribution in [0.2, 0.25) is 0 Å². The van der Waals surface area contributed by atoms with Crippen LogP contribution in [0.25, 0.3) is 0 Å². The number of halogens is 1. The summed E-state index contributed by atoms with van der Waals surface area (Å²) in [5.74, 6) is -2.20. The number of carboxylic acids is 1. The van der Waals surface area contributed by atoms with Gasteiger partial charge in [-0.05, 0) is 0 Å². The number of rotatable bonds is 1. The quantitative estimate of drug-likeness (QED) is 0.572. The molecule has 0 saturated carbocycles. The zero-order valence-electron chi connectivity index (χ0n) is 3.67. The van der Waals surface area contributed by atoms with Crippen LogP contribution in [0.5, 0.6) is 0 Å². The van der Waals surface area contributed by atoms with E-state index in [1.165, 1.54) is 0 Å². The number of hydrogen-bond donors (Lipinski definition) is 1. The van der Waals surface area contributed by atoms with Crippen LogP contribution in [0.1, 0.15) is 6.92 Å². The van der Waals surface area contributed by atoms with Crippen molar-refractivity contribution in [1.82, 2.24) is 0 Å². The standard InChI is InChI=1S/C3H4O3.BrH/c1-2(4)3(5)6;/h1H3,(H,5,6);1H. The molecule has 0 rings (SSSR count). The molecular formula is C3H5BrO3. The first-order chi connectivity index (χ1) is 2.64. The van der Waals surface area contributed by atoms with Crippen LogP contribution in [0.4, 0.5) is 0 Å². The number of hydrogen-bond acceptors (Lipinski definition) is 2.